The Balaban J connectivity index is 1.57. The third kappa shape index (κ3) is 6.39. The monoisotopic (exact) mass is 385 g/mol. The smallest absolute Gasteiger partial charge is 0.176 e. The summed E-state index contributed by atoms with van der Waals surface area (Å²) < 4.78 is 11.4. The number of aliphatic imine (C=N–C) groups is 1. The van der Waals surface area contributed by atoms with E-state index in [-0.39, 0.29) is 11.7 Å². The van der Waals surface area contributed by atoms with E-state index in [1.165, 1.54) is 24.6 Å². The van der Waals surface area contributed by atoms with Crippen LogP contribution in [-0.4, -0.2) is 37.3 Å². The summed E-state index contributed by atoms with van der Waals surface area (Å²) in [6.45, 7) is 8.08. The van der Waals surface area contributed by atoms with Crippen LogP contribution in [0.2, 0.25) is 0 Å². The van der Waals surface area contributed by atoms with Crippen molar-refractivity contribution in [3.8, 4) is 11.8 Å². The molecule has 6 heteroatoms. The number of thioether (sulfide) groups is 1. The fraction of sp³-hybridized carbons (Fsp3) is 0.524. The quantitative estimate of drug-likeness (QED) is 0.215. The van der Waals surface area contributed by atoms with E-state index in [1.54, 1.807) is 6.21 Å². The van der Waals surface area contributed by atoms with Crippen molar-refractivity contribution in [2.75, 3.05) is 19.8 Å². The first-order chi connectivity index (χ1) is 12.9. The zero-order valence-corrected chi connectivity index (χ0v) is 17.0. The molecular formula is C21H27N3O2S. The van der Waals surface area contributed by atoms with Crippen molar-refractivity contribution in [3.63, 3.8) is 0 Å². The average Bonchev–Trinajstić information content (AvgIpc) is 3.47. The number of nitrogens with zero attached hydrogens (tertiary/aromatic N) is 2. The minimum atomic E-state index is -0.305. The summed E-state index contributed by atoms with van der Waals surface area (Å²) >= 11 is 1.49. The molecule has 0 spiro atoms. The van der Waals surface area contributed by atoms with Gasteiger partial charge in [0.25, 0.3) is 0 Å². The van der Waals surface area contributed by atoms with Gasteiger partial charge in [-0.2, -0.15) is 5.10 Å². The van der Waals surface area contributed by atoms with Crippen molar-refractivity contribution in [3.05, 3.63) is 29.3 Å². The van der Waals surface area contributed by atoms with Crippen molar-refractivity contribution in [2.45, 2.75) is 44.8 Å². The maximum absolute atomic E-state index is 5.68. The number of hydrogen-bond donors (Lipinski definition) is 1. The Morgan fingerprint density at radius 3 is 2.74 bits per heavy atom. The van der Waals surface area contributed by atoms with E-state index in [1.807, 2.05) is 0 Å². The van der Waals surface area contributed by atoms with Crippen molar-refractivity contribution < 1.29 is 9.47 Å². The Bertz CT molecular complexity index is 778. The molecule has 0 aromatic heterocycles. The van der Waals surface area contributed by atoms with Crippen molar-refractivity contribution in [2.24, 2.45) is 27.3 Å². The lowest BCUT2D eigenvalue weighted by Crippen LogP contribution is -2.39. The van der Waals surface area contributed by atoms with Crippen molar-refractivity contribution in [1.82, 2.24) is 0 Å². The summed E-state index contributed by atoms with van der Waals surface area (Å²) in [5.41, 5.74) is 2.24. The average molecular weight is 386 g/mol. The minimum Gasteiger partial charge on any atom is -0.350 e. The van der Waals surface area contributed by atoms with E-state index in [0.717, 1.165) is 16.0 Å². The van der Waals surface area contributed by atoms with Gasteiger partial charge < -0.3 is 15.3 Å². The highest BCUT2D eigenvalue weighted by molar-refractivity contribution is 8.15. The number of rotatable bonds is 4. The maximum atomic E-state index is 5.68. The second kappa shape index (κ2) is 8.92. The van der Waals surface area contributed by atoms with Crippen LogP contribution in [-0.2, 0) is 9.47 Å². The van der Waals surface area contributed by atoms with E-state index in [4.69, 9.17) is 15.3 Å². The molecule has 1 heterocycles. The number of hydrogen-bond acceptors (Lipinski definition) is 6. The highest BCUT2D eigenvalue weighted by atomic mass is 32.2. The first-order valence-electron chi connectivity index (χ1n) is 9.26. The molecule has 2 N–H and O–H groups in total. The Morgan fingerprint density at radius 1 is 1.33 bits per heavy atom. The Kier molecular flexibility index (Phi) is 6.59. The molecule has 2 fully saturated rings. The number of hydrazone groups is 1. The highest BCUT2D eigenvalue weighted by Gasteiger charge is 2.27. The molecule has 2 aliphatic rings. The van der Waals surface area contributed by atoms with Crippen LogP contribution in [0.4, 0.5) is 0 Å². The van der Waals surface area contributed by atoms with Crippen LogP contribution in [0.5, 0.6) is 0 Å². The summed E-state index contributed by atoms with van der Waals surface area (Å²) in [6.07, 6.45) is 3.83. The summed E-state index contributed by atoms with van der Waals surface area (Å²) in [5, 5.41) is 4.50. The predicted molar refractivity (Wildman–Crippen MR) is 111 cm³/mol. The second-order valence-electron chi connectivity index (χ2n) is 7.80. The van der Waals surface area contributed by atoms with E-state index in [2.05, 4.69) is 60.9 Å². The zero-order valence-electron chi connectivity index (χ0n) is 16.2. The van der Waals surface area contributed by atoms with Gasteiger partial charge in [0, 0.05) is 21.8 Å². The van der Waals surface area contributed by atoms with Gasteiger partial charge >= 0.3 is 0 Å². The molecule has 1 aromatic rings. The molecule has 144 valence electrons. The third-order valence-electron chi connectivity index (χ3n) is 4.30. The molecule has 0 atom stereocenters. The van der Waals surface area contributed by atoms with Crippen LogP contribution < -0.4 is 5.84 Å². The highest BCUT2D eigenvalue weighted by Crippen LogP contribution is 2.28. The normalized spacial score (nSPS) is 20.5. The van der Waals surface area contributed by atoms with E-state index < -0.39 is 0 Å². The molecule has 1 aromatic carbocycles. The first-order valence-corrected chi connectivity index (χ1v) is 10.1. The molecular weight excluding hydrogens is 358 g/mol. The standard InChI is InChI=1S/C21H27N3O2S/c1-15-4-5-17(9-8-16-6-7-16)10-18(15)27-19(24-22)11-23-12-20-25-13-21(2,3)14-26-20/h4-5,10-11,16,20H,6-7,12-14,22H2,1-3H3/b23-11?,24-19+. The molecule has 0 radical (unpaired) electrons. The summed E-state index contributed by atoms with van der Waals surface area (Å²) in [4.78, 5) is 5.48. The molecule has 1 saturated carbocycles. The fourth-order valence-corrected chi connectivity index (χ4v) is 3.27. The van der Waals surface area contributed by atoms with Crippen LogP contribution in [0.3, 0.4) is 0 Å². The third-order valence-corrected chi connectivity index (χ3v) is 5.38. The zero-order chi connectivity index (χ0) is 19.3. The number of aryl methyl sites for hydroxylation is 1. The molecule has 1 saturated heterocycles. The predicted octanol–water partition coefficient (Wildman–Crippen LogP) is 3.59. The molecule has 5 nitrogen and oxygen atoms in total. The summed E-state index contributed by atoms with van der Waals surface area (Å²) in [5.74, 6) is 12.7. The Morgan fingerprint density at radius 2 is 2.07 bits per heavy atom. The van der Waals surface area contributed by atoms with E-state index in [0.29, 0.717) is 30.7 Å². The SMILES string of the molecule is Cc1ccc(C#CC2CC2)cc1S/C(C=NCC1OCC(C)(C)CO1)=N/N. The summed E-state index contributed by atoms with van der Waals surface area (Å²) in [7, 11) is 0. The van der Waals surface area contributed by atoms with Crippen LogP contribution in [0.25, 0.3) is 0 Å². The van der Waals surface area contributed by atoms with Gasteiger partial charge in [-0.3, -0.25) is 4.99 Å². The molecule has 0 amide bonds. The molecule has 1 aliphatic heterocycles. The van der Waals surface area contributed by atoms with Crippen LogP contribution >= 0.6 is 11.8 Å². The van der Waals surface area contributed by atoms with Gasteiger partial charge in [-0.05, 0) is 37.5 Å². The van der Waals surface area contributed by atoms with E-state index >= 15 is 0 Å². The lowest BCUT2D eigenvalue weighted by molar-refractivity contribution is -0.215. The Hall–Kier alpha value is -1.81. The lowest BCUT2D eigenvalue weighted by atomic mass is 9.96. The molecule has 3 rings (SSSR count). The molecule has 27 heavy (non-hydrogen) atoms. The van der Waals surface area contributed by atoms with E-state index in [9.17, 15) is 0 Å². The second-order valence-corrected chi connectivity index (χ2v) is 8.87. The minimum absolute atomic E-state index is 0.0604. The van der Waals surface area contributed by atoms with Gasteiger partial charge in [0.1, 0.15) is 5.04 Å². The van der Waals surface area contributed by atoms with Gasteiger partial charge in [-0.15, -0.1) is 0 Å². The van der Waals surface area contributed by atoms with Gasteiger partial charge in [-0.1, -0.05) is 43.5 Å². The molecule has 0 unspecified atom stereocenters. The largest absolute Gasteiger partial charge is 0.350 e. The fourth-order valence-electron chi connectivity index (χ4n) is 2.45. The maximum Gasteiger partial charge on any atom is 0.176 e. The number of benzene rings is 1. The summed E-state index contributed by atoms with van der Waals surface area (Å²) in [6, 6.07) is 6.22. The molecule has 0 bridgehead atoms. The first kappa shape index (κ1) is 19.9. The van der Waals surface area contributed by atoms with Crippen LogP contribution in [0.1, 0.15) is 37.8 Å². The van der Waals surface area contributed by atoms with Gasteiger partial charge in [0.2, 0.25) is 0 Å². The Labute approximate surface area is 165 Å². The molecule has 1 aliphatic carbocycles. The van der Waals surface area contributed by atoms with Gasteiger partial charge in [0.05, 0.1) is 26.0 Å². The van der Waals surface area contributed by atoms with Crippen LogP contribution in [0, 0.1) is 30.1 Å². The topological polar surface area (TPSA) is 69.2 Å². The van der Waals surface area contributed by atoms with Crippen molar-refractivity contribution >= 4 is 23.0 Å². The van der Waals surface area contributed by atoms with Gasteiger partial charge in [-0.25, -0.2) is 0 Å². The number of nitrogens with two attached hydrogens (primary N) is 1. The lowest BCUT2D eigenvalue weighted by Gasteiger charge is -2.33. The van der Waals surface area contributed by atoms with Gasteiger partial charge in [0.15, 0.2) is 6.29 Å². The number of ether oxygens (including phenoxy) is 2. The van der Waals surface area contributed by atoms with Crippen LogP contribution in [0.15, 0.2) is 33.2 Å². The van der Waals surface area contributed by atoms with Crippen molar-refractivity contribution in [1.29, 1.82) is 0 Å².